The van der Waals surface area contributed by atoms with Gasteiger partial charge in [-0.2, -0.15) is 4.99 Å². The van der Waals surface area contributed by atoms with E-state index in [2.05, 4.69) is 34.2 Å². The summed E-state index contributed by atoms with van der Waals surface area (Å²) in [4.78, 5) is 18.7. The standard InChI is InChI=1S/C19H22N2O4/c22-16-19(6-3-11-23-13-19)25-17(20-16)21-9-7-18(8-10-21)15-5-2-1-4-14(15)12-24-18/h1-2,4-5H,3,6-13H2. The quantitative estimate of drug-likeness (QED) is 0.721. The molecule has 2 fully saturated rings. The molecule has 5 rings (SSSR count). The lowest BCUT2D eigenvalue weighted by atomic mass is 9.84. The van der Waals surface area contributed by atoms with Crippen molar-refractivity contribution >= 4 is 11.9 Å². The van der Waals surface area contributed by atoms with Gasteiger partial charge < -0.3 is 19.1 Å². The van der Waals surface area contributed by atoms with Gasteiger partial charge in [-0.1, -0.05) is 24.3 Å². The fourth-order valence-corrected chi connectivity index (χ4v) is 4.44. The van der Waals surface area contributed by atoms with E-state index in [1.807, 2.05) is 0 Å². The molecule has 4 heterocycles. The number of nitrogens with zero attached hydrogens (tertiary/aromatic N) is 2. The number of aliphatic imine (C=N–C) groups is 1. The highest BCUT2D eigenvalue weighted by Gasteiger charge is 2.51. The van der Waals surface area contributed by atoms with Crippen molar-refractivity contribution in [2.24, 2.45) is 4.99 Å². The third-order valence-corrected chi connectivity index (χ3v) is 5.93. The van der Waals surface area contributed by atoms with E-state index in [9.17, 15) is 4.79 Å². The van der Waals surface area contributed by atoms with Crippen LogP contribution in [0.5, 0.6) is 0 Å². The maximum absolute atomic E-state index is 12.4. The molecule has 132 valence electrons. The smallest absolute Gasteiger partial charge is 0.296 e. The average Bonchev–Trinajstić information content (AvgIpc) is 3.16. The molecule has 1 aromatic rings. The van der Waals surface area contributed by atoms with Gasteiger partial charge in [0.25, 0.3) is 11.9 Å². The van der Waals surface area contributed by atoms with E-state index in [1.54, 1.807) is 0 Å². The number of ether oxygens (including phenoxy) is 3. The summed E-state index contributed by atoms with van der Waals surface area (Å²) in [5.74, 6) is -0.190. The Hall–Kier alpha value is -1.92. The molecule has 0 N–H and O–H groups in total. The van der Waals surface area contributed by atoms with Gasteiger partial charge in [0.05, 0.1) is 18.8 Å². The van der Waals surface area contributed by atoms with Crippen LogP contribution in [-0.2, 0) is 31.2 Å². The summed E-state index contributed by atoms with van der Waals surface area (Å²) in [6, 6.07) is 8.94. The van der Waals surface area contributed by atoms with Gasteiger partial charge in [-0.15, -0.1) is 0 Å². The average molecular weight is 342 g/mol. The van der Waals surface area contributed by atoms with Crippen LogP contribution in [0.3, 0.4) is 0 Å². The van der Waals surface area contributed by atoms with Gasteiger partial charge in [0.1, 0.15) is 0 Å². The van der Waals surface area contributed by atoms with Gasteiger partial charge in [0, 0.05) is 26.1 Å². The summed E-state index contributed by atoms with van der Waals surface area (Å²) < 4.78 is 17.7. The number of fused-ring (bicyclic) bond motifs is 2. The molecule has 0 radical (unpaired) electrons. The summed E-state index contributed by atoms with van der Waals surface area (Å²) in [5, 5.41) is 0. The lowest BCUT2D eigenvalue weighted by molar-refractivity contribution is -0.143. The molecule has 0 saturated carbocycles. The summed E-state index contributed by atoms with van der Waals surface area (Å²) in [5.41, 5.74) is 1.54. The van der Waals surface area contributed by atoms with Crippen LogP contribution in [0.4, 0.5) is 0 Å². The van der Waals surface area contributed by atoms with Crippen molar-refractivity contribution in [3.8, 4) is 0 Å². The second kappa shape index (κ2) is 5.54. The van der Waals surface area contributed by atoms with E-state index >= 15 is 0 Å². The molecule has 0 aliphatic carbocycles. The lowest BCUT2D eigenvalue weighted by Crippen LogP contribution is -2.49. The molecule has 25 heavy (non-hydrogen) atoms. The van der Waals surface area contributed by atoms with Crippen LogP contribution in [-0.4, -0.2) is 48.7 Å². The summed E-state index contributed by atoms with van der Waals surface area (Å²) in [6.45, 7) is 3.24. The zero-order chi connectivity index (χ0) is 16.9. The van der Waals surface area contributed by atoms with Crippen molar-refractivity contribution in [1.82, 2.24) is 4.90 Å². The molecule has 1 unspecified atom stereocenters. The molecular formula is C19H22N2O4. The Morgan fingerprint density at radius 3 is 2.72 bits per heavy atom. The number of carbonyl (C=O) groups is 1. The molecule has 1 aromatic carbocycles. The Kier molecular flexibility index (Phi) is 3.40. The minimum Gasteiger partial charge on any atom is -0.445 e. The number of likely N-dealkylation sites (tertiary alicyclic amines) is 1. The Morgan fingerprint density at radius 1 is 1.08 bits per heavy atom. The third-order valence-electron chi connectivity index (χ3n) is 5.93. The Labute approximate surface area is 146 Å². The lowest BCUT2D eigenvalue weighted by Gasteiger charge is -2.40. The Bertz CT molecular complexity index is 731. The molecule has 0 bridgehead atoms. The number of piperidine rings is 1. The first kappa shape index (κ1) is 15.3. The highest BCUT2D eigenvalue weighted by molar-refractivity contribution is 6.01. The molecule has 1 atom stereocenters. The molecule has 2 saturated heterocycles. The molecule has 2 spiro atoms. The van der Waals surface area contributed by atoms with Crippen molar-refractivity contribution in [2.75, 3.05) is 26.3 Å². The first-order valence-electron chi connectivity index (χ1n) is 9.08. The Balaban J connectivity index is 1.30. The highest BCUT2D eigenvalue weighted by Crippen LogP contribution is 2.44. The maximum Gasteiger partial charge on any atom is 0.296 e. The van der Waals surface area contributed by atoms with E-state index in [4.69, 9.17) is 14.2 Å². The van der Waals surface area contributed by atoms with E-state index in [1.165, 1.54) is 11.1 Å². The van der Waals surface area contributed by atoms with Crippen molar-refractivity contribution < 1.29 is 19.0 Å². The number of benzene rings is 1. The topological polar surface area (TPSA) is 60.4 Å². The largest absolute Gasteiger partial charge is 0.445 e. The zero-order valence-electron chi connectivity index (χ0n) is 14.2. The predicted molar refractivity (Wildman–Crippen MR) is 90.0 cm³/mol. The van der Waals surface area contributed by atoms with Gasteiger partial charge in [-0.05, 0) is 30.4 Å². The summed E-state index contributed by atoms with van der Waals surface area (Å²) >= 11 is 0. The number of hydrogen-bond acceptors (Lipinski definition) is 5. The van der Waals surface area contributed by atoms with Gasteiger partial charge in [-0.3, -0.25) is 4.79 Å². The highest BCUT2D eigenvalue weighted by atomic mass is 16.6. The number of amides is 1. The van der Waals surface area contributed by atoms with Crippen LogP contribution in [0.15, 0.2) is 29.3 Å². The molecule has 1 amide bonds. The van der Waals surface area contributed by atoms with E-state index in [-0.39, 0.29) is 11.5 Å². The van der Waals surface area contributed by atoms with Gasteiger partial charge >= 0.3 is 0 Å². The van der Waals surface area contributed by atoms with Crippen molar-refractivity contribution in [3.05, 3.63) is 35.4 Å². The summed E-state index contributed by atoms with van der Waals surface area (Å²) in [7, 11) is 0. The first-order chi connectivity index (χ1) is 12.2. The monoisotopic (exact) mass is 342 g/mol. The van der Waals surface area contributed by atoms with Crippen molar-refractivity contribution in [2.45, 2.75) is 43.5 Å². The fraction of sp³-hybridized carbons (Fsp3) is 0.579. The molecule has 4 aliphatic rings. The SMILES string of the molecule is O=C1N=C(N2CCC3(CC2)OCc2ccccc23)OC12CCCOC2. The summed E-state index contributed by atoms with van der Waals surface area (Å²) in [6.07, 6.45) is 3.28. The van der Waals surface area contributed by atoms with Gasteiger partial charge in [0.15, 0.2) is 0 Å². The second-order valence-electron chi connectivity index (χ2n) is 7.38. The minimum atomic E-state index is -0.876. The van der Waals surface area contributed by atoms with Crippen LogP contribution in [0.1, 0.15) is 36.8 Å². The Morgan fingerprint density at radius 2 is 1.92 bits per heavy atom. The number of amidine groups is 1. The minimum absolute atomic E-state index is 0.190. The maximum atomic E-state index is 12.4. The van der Waals surface area contributed by atoms with Crippen LogP contribution in [0.25, 0.3) is 0 Å². The first-order valence-corrected chi connectivity index (χ1v) is 9.08. The van der Waals surface area contributed by atoms with Crippen molar-refractivity contribution in [1.29, 1.82) is 0 Å². The van der Waals surface area contributed by atoms with Crippen LogP contribution >= 0.6 is 0 Å². The number of carbonyl (C=O) groups excluding carboxylic acids is 1. The molecule has 6 nitrogen and oxygen atoms in total. The normalized spacial score (nSPS) is 30.5. The molecule has 0 aromatic heterocycles. The van der Waals surface area contributed by atoms with E-state index in [0.29, 0.717) is 32.3 Å². The van der Waals surface area contributed by atoms with Crippen molar-refractivity contribution in [3.63, 3.8) is 0 Å². The molecular weight excluding hydrogens is 320 g/mol. The second-order valence-corrected chi connectivity index (χ2v) is 7.38. The number of rotatable bonds is 0. The van der Waals surface area contributed by atoms with E-state index < -0.39 is 5.60 Å². The van der Waals surface area contributed by atoms with Crippen LogP contribution < -0.4 is 0 Å². The molecule has 6 heteroatoms. The van der Waals surface area contributed by atoms with Gasteiger partial charge in [-0.25, -0.2) is 0 Å². The predicted octanol–water partition coefficient (Wildman–Crippen LogP) is 1.97. The van der Waals surface area contributed by atoms with E-state index in [0.717, 1.165) is 32.4 Å². The third kappa shape index (κ3) is 2.31. The fourth-order valence-electron chi connectivity index (χ4n) is 4.44. The zero-order valence-corrected chi connectivity index (χ0v) is 14.2. The number of hydrogen-bond donors (Lipinski definition) is 0. The van der Waals surface area contributed by atoms with Crippen LogP contribution in [0, 0.1) is 0 Å². The van der Waals surface area contributed by atoms with Crippen LogP contribution in [0.2, 0.25) is 0 Å². The molecule has 4 aliphatic heterocycles. The van der Waals surface area contributed by atoms with Gasteiger partial charge in [0.2, 0.25) is 5.60 Å².